The highest BCUT2D eigenvalue weighted by atomic mass is 19.1. The third kappa shape index (κ3) is 4.66. The van der Waals surface area contributed by atoms with E-state index in [0.29, 0.717) is 6.42 Å². The highest BCUT2D eigenvalue weighted by molar-refractivity contribution is 5.63. The van der Waals surface area contributed by atoms with E-state index in [2.05, 4.69) is 16.8 Å². The van der Waals surface area contributed by atoms with E-state index in [1.54, 1.807) is 12.1 Å². The van der Waals surface area contributed by atoms with Crippen molar-refractivity contribution in [2.75, 3.05) is 39.8 Å². The maximum absolute atomic E-state index is 13.0. The lowest BCUT2D eigenvalue weighted by atomic mass is 9.90. The number of halogens is 1. The number of likely N-dealkylation sites (N-methyl/N-ethyl adjacent to an activating group) is 1. The lowest BCUT2D eigenvalue weighted by molar-refractivity contribution is 0.0300. The monoisotopic (exact) mass is 342 g/mol. The molecular formula is C21H27FN2O. The van der Waals surface area contributed by atoms with Crippen LogP contribution in [0.1, 0.15) is 18.9 Å². The Bertz CT molecular complexity index is 674. The average Bonchev–Trinajstić information content (AvgIpc) is 2.62. The van der Waals surface area contributed by atoms with E-state index in [-0.39, 0.29) is 5.82 Å². The Kier molecular flexibility index (Phi) is 5.52. The Morgan fingerprint density at radius 2 is 1.44 bits per heavy atom. The first-order chi connectivity index (χ1) is 11.9. The molecule has 3 nitrogen and oxygen atoms in total. The van der Waals surface area contributed by atoms with Crippen LogP contribution in [0.25, 0.3) is 11.1 Å². The fraction of sp³-hybridized carbons (Fsp3) is 0.429. The van der Waals surface area contributed by atoms with E-state index >= 15 is 0 Å². The standard InChI is InChI=1S/C21H27FN2O/c1-21(25,11-12-24-15-13-23(2)14-16-24)19-7-3-17(4-8-19)18-5-9-20(22)10-6-18/h3-10,25H,11-16H2,1-2H3. The number of aliphatic hydroxyl groups is 1. The van der Waals surface area contributed by atoms with Gasteiger partial charge in [-0.25, -0.2) is 4.39 Å². The molecule has 1 heterocycles. The Hall–Kier alpha value is -1.75. The summed E-state index contributed by atoms with van der Waals surface area (Å²) in [5, 5.41) is 10.9. The molecular weight excluding hydrogens is 315 g/mol. The zero-order valence-corrected chi connectivity index (χ0v) is 15.1. The largest absolute Gasteiger partial charge is 0.385 e. The minimum absolute atomic E-state index is 0.229. The van der Waals surface area contributed by atoms with Crippen molar-refractivity contribution in [2.24, 2.45) is 0 Å². The van der Waals surface area contributed by atoms with Gasteiger partial charge in [-0.05, 0) is 49.2 Å². The molecule has 1 aliphatic heterocycles. The van der Waals surface area contributed by atoms with E-state index in [9.17, 15) is 9.50 Å². The van der Waals surface area contributed by atoms with Gasteiger partial charge in [0.2, 0.25) is 0 Å². The number of hydrogen-bond donors (Lipinski definition) is 1. The average molecular weight is 342 g/mol. The van der Waals surface area contributed by atoms with Crippen LogP contribution in [0.4, 0.5) is 4.39 Å². The highest BCUT2D eigenvalue weighted by Gasteiger charge is 2.25. The Balaban J connectivity index is 1.62. The van der Waals surface area contributed by atoms with Gasteiger partial charge < -0.3 is 14.9 Å². The molecule has 1 atom stereocenters. The first-order valence-electron chi connectivity index (χ1n) is 8.94. The molecule has 2 aromatic carbocycles. The molecule has 0 saturated carbocycles. The molecule has 0 bridgehead atoms. The van der Waals surface area contributed by atoms with Gasteiger partial charge in [-0.3, -0.25) is 0 Å². The zero-order chi connectivity index (χ0) is 17.9. The summed E-state index contributed by atoms with van der Waals surface area (Å²) in [6, 6.07) is 14.4. The smallest absolute Gasteiger partial charge is 0.123 e. The van der Waals surface area contributed by atoms with Crippen LogP contribution >= 0.6 is 0 Å². The van der Waals surface area contributed by atoms with Crippen LogP contribution < -0.4 is 0 Å². The van der Waals surface area contributed by atoms with Crippen LogP contribution in [0.3, 0.4) is 0 Å². The van der Waals surface area contributed by atoms with Crippen molar-refractivity contribution in [3.8, 4) is 11.1 Å². The molecule has 4 heteroatoms. The van der Waals surface area contributed by atoms with E-state index in [1.807, 2.05) is 31.2 Å². The molecule has 1 aliphatic rings. The summed E-state index contributed by atoms with van der Waals surface area (Å²) >= 11 is 0. The normalized spacial score (nSPS) is 18.9. The fourth-order valence-electron chi connectivity index (χ4n) is 3.26. The van der Waals surface area contributed by atoms with Crippen molar-refractivity contribution in [1.29, 1.82) is 0 Å². The minimum atomic E-state index is -0.843. The molecule has 1 unspecified atom stereocenters. The van der Waals surface area contributed by atoms with E-state index in [1.165, 1.54) is 12.1 Å². The van der Waals surface area contributed by atoms with E-state index < -0.39 is 5.60 Å². The van der Waals surface area contributed by atoms with Crippen molar-refractivity contribution in [1.82, 2.24) is 9.80 Å². The summed E-state index contributed by atoms with van der Waals surface area (Å²) < 4.78 is 13.0. The predicted octanol–water partition coefficient (Wildman–Crippen LogP) is 3.34. The summed E-state index contributed by atoms with van der Waals surface area (Å²) in [5.74, 6) is -0.229. The topological polar surface area (TPSA) is 26.7 Å². The predicted molar refractivity (Wildman–Crippen MR) is 100.0 cm³/mol. The fourth-order valence-corrected chi connectivity index (χ4v) is 3.26. The lowest BCUT2D eigenvalue weighted by Gasteiger charge is -2.34. The van der Waals surface area contributed by atoms with Gasteiger partial charge in [0.15, 0.2) is 0 Å². The molecule has 25 heavy (non-hydrogen) atoms. The van der Waals surface area contributed by atoms with Crippen LogP contribution in [0.15, 0.2) is 48.5 Å². The van der Waals surface area contributed by atoms with Gasteiger partial charge in [-0.15, -0.1) is 0 Å². The van der Waals surface area contributed by atoms with Crippen LogP contribution in [0.5, 0.6) is 0 Å². The van der Waals surface area contributed by atoms with Crippen molar-refractivity contribution < 1.29 is 9.50 Å². The molecule has 0 radical (unpaired) electrons. The molecule has 2 aromatic rings. The number of rotatable bonds is 5. The van der Waals surface area contributed by atoms with Gasteiger partial charge in [0, 0.05) is 32.7 Å². The molecule has 0 aromatic heterocycles. The second-order valence-electron chi connectivity index (χ2n) is 7.25. The molecule has 0 spiro atoms. The van der Waals surface area contributed by atoms with Crippen LogP contribution in [0.2, 0.25) is 0 Å². The molecule has 0 aliphatic carbocycles. The van der Waals surface area contributed by atoms with Gasteiger partial charge in [0.25, 0.3) is 0 Å². The van der Waals surface area contributed by atoms with Crippen molar-refractivity contribution in [3.63, 3.8) is 0 Å². The Morgan fingerprint density at radius 1 is 0.920 bits per heavy atom. The molecule has 1 saturated heterocycles. The SMILES string of the molecule is CN1CCN(CCC(C)(O)c2ccc(-c3ccc(F)cc3)cc2)CC1. The Morgan fingerprint density at radius 3 is 2.00 bits per heavy atom. The van der Waals surface area contributed by atoms with E-state index in [0.717, 1.165) is 49.4 Å². The molecule has 1 fully saturated rings. The highest BCUT2D eigenvalue weighted by Crippen LogP contribution is 2.28. The quantitative estimate of drug-likeness (QED) is 0.903. The first kappa shape index (κ1) is 18.1. The second kappa shape index (κ2) is 7.65. The summed E-state index contributed by atoms with van der Waals surface area (Å²) in [7, 11) is 2.15. The Labute approximate surface area is 149 Å². The maximum Gasteiger partial charge on any atom is 0.123 e. The van der Waals surface area contributed by atoms with Crippen LogP contribution in [-0.2, 0) is 5.60 Å². The van der Waals surface area contributed by atoms with Gasteiger partial charge in [-0.2, -0.15) is 0 Å². The number of hydrogen-bond acceptors (Lipinski definition) is 3. The molecule has 1 N–H and O–H groups in total. The van der Waals surface area contributed by atoms with Crippen molar-refractivity contribution >= 4 is 0 Å². The molecule has 3 rings (SSSR count). The van der Waals surface area contributed by atoms with Crippen molar-refractivity contribution in [3.05, 3.63) is 59.9 Å². The minimum Gasteiger partial charge on any atom is -0.385 e. The third-order valence-corrected chi connectivity index (χ3v) is 5.20. The maximum atomic E-state index is 13.0. The summed E-state index contributed by atoms with van der Waals surface area (Å²) in [4.78, 5) is 4.75. The summed E-state index contributed by atoms with van der Waals surface area (Å²) in [6.07, 6.45) is 0.715. The van der Waals surface area contributed by atoms with Gasteiger partial charge in [0.05, 0.1) is 5.60 Å². The van der Waals surface area contributed by atoms with Crippen LogP contribution in [0, 0.1) is 5.82 Å². The number of benzene rings is 2. The van der Waals surface area contributed by atoms with Crippen molar-refractivity contribution in [2.45, 2.75) is 18.9 Å². The lowest BCUT2D eigenvalue weighted by Crippen LogP contribution is -2.45. The molecule has 0 amide bonds. The van der Waals surface area contributed by atoms with Crippen LogP contribution in [-0.4, -0.2) is 54.7 Å². The summed E-state index contributed by atoms with van der Waals surface area (Å²) in [6.45, 7) is 7.10. The van der Waals surface area contributed by atoms with Gasteiger partial charge in [-0.1, -0.05) is 36.4 Å². The third-order valence-electron chi connectivity index (χ3n) is 5.20. The first-order valence-corrected chi connectivity index (χ1v) is 8.94. The zero-order valence-electron chi connectivity index (χ0n) is 15.1. The van der Waals surface area contributed by atoms with E-state index in [4.69, 9.17) is 0 Å². The molecule has 134 valence electrons. The second-order valence-corrected chi connectivity index (χ2v) is 7.25. The summed E-state index contributed by atoms with van der Waals surface area (Å²) in [5.41, 5.74) is 2.08. The van der Waals surface area contributed by atoms with Gasteiger partial charge in [0.1, 0.15) is 5.82 Å². The number of nitrogens with zero attached hydrogens (tertiary/aromatic N) is 2. The van der Waals surface area contributed by atoms with Gasteiger partial charge >= 0.3 is 0 Å². The number of piperazine rings is 1.